The number of nitro groups is 1. The molecule has 0 N–H and O–H groups in total. The van der Waals surface area contributed by atoms with Gasteiger partial charge in [0.05, 0.1) is 17.4 Å². The Morgan fingerprint density at radius 2 is 1.95 bits per heavy atom. The van der Waals surface area contributed by atoms with E-state index in [9.17, 15) is 19.7 Å². The molecule has 0 atom stereocenters. The molecule has 1 heterocycles. The molecule has 0 bridgehead atoms. The first-order valence-electron chi connectivity index (χ1n) is 7.24. The number of rotatable bonds is 4. The van der Waals surface area contributed by atoms with Crippen LogP contribution in [-0.2, 0) is 9.53 Å². The number of carbonyl (C=O) groups excluding carboxylic acids is 2. The van der Waals surface area contributed by atoms with Gasteiger partial charge in [-0.2, -0.15) is 0 Å². The molecule has 7 nitrogen and oxygen atoms in total. The van der Waals surface area contributed by atoms with Crippen molar-refractivity contribution in [2.45, 2.75) is 19.8 Å². The summed E-state index contributed by atoms with van der Waals surface area (Å²) in [5.74, 6) is -0.801. The highest BCUT2D eigenvalue weighted by atomic mass is 16.6. The van der Waals surface area contributed by atoms with Crippen molar-refractivity contribution >= 4 is 17.6 Å². The van der Waals surface area contributed by atoms with Crippen LogP contribution in [0.2, 0.25) is 0 Å². The Balaban J connectivity index is 2.04. The van der Waals surface area contributed by atoms with Gasteiger partial charge in [0, 0.05) is 19.2 Å². The quantitative estimate of drug-likeness (QED) is 0.482. The number of piperidine rings is 1. The predicted octanol–water partition coefficient (Wildman–Crippen LogP) is 2.01. The van der Waals surface area contributed by atoms with E-state index in [1.807, 2.05) is 0 Å². The van der Waals surface area contributed by atoms with Crippen LogP contribution in [-0.4, -0.2) is 41.4 Å². The van der Waals surface area contributed by atoms with E-state index in [1.165, 1.54) is 18.2 Å². The van der Waals surface area contributed by atoms with Crippen LogP contribution in [0.3, 0.4) is 0 Å². The van der Waals surface area contributed by atoms with Gasteiger partial charge in [0.1, 0.15) is 5.56 Å². The van der Waals surface area contributed by atoms with Gasteiger partial charge in [-0.1, -0.05) is 12.1 Å². The molecule has 22 heavy (non-hydrogen) atoms. The zero-order chi connectivity index (χ0) is 16.1. The van der Waals surface area contributed by atoms with Gasteiger partial charge in [-0.25, -0.2) is 0 Å². The third-order valence-corrected chi connectivity index (χ3v) is 3.73. The molecule has 1 aliphatic rings. The lowest BCUT2D eigenvalue weighted by Crippen LogP contribution is -2.40. The predicted molar refractivity (Wildman–Crippen MR) is 78.4 cm³/mol. The summed E-state index contributed by atoms with van der Waals surface area (Å²) >= 11 is 0. The summed E-state index contributed by atoms with van der Waals surface area (Å²) in [5, 5.41) is 11.0. The number of para-hydroxylation sites is 1. The third kappa shape index (κ3) is 3.41. The number of benzene rings is 1. The molecule has 1 aromatic carbocycles. The molecule has 1 aliphatic heterocycles. The van der Waals surface area contributed by atoms with E-state index in [-0.39, 0.29) is 29.0 Å². The largest absolute Gasteiger partial charge is 0.466 e. The highest BCUT2D eigenvalue weighted by Crippen LogP contribution is 2.24. The van der Waals surface area contributed by atoms with Gasteiger partial charge >= 0.3 is 5.97 Å². The van der Waals surface area contributed by atoms with E-state index in [0.717, 1.165) is 0 Å². The number of likely N-dealkylation sites (tertiary alicyclic amines) is 1. The fourth-order valence-electron chi connectivity index (χ4n) is 2.56. The van der Waals surface area contributed by atoms with E-state index in [1.54, 1.807) is 17.9 Å². The van der Waals surface area contributed by atoms with Crippen LogP contribution in [0.25, 0.3) is 0 Å². The van der Waals surface area contributed by atoms with Gasteiger partial charge < -0.3 is 9.64 Å². The molecule has 7 heteroatoms. The van der Waals surface area contributed by atoms with Gasteiger partial charge in [0.25, 0.3) is 11.6 Å². The summed E-state index contributed by atoms with van der Waals surface area (Å²) in [6.45, 7) is 2.89. The molecule has 0 spiro atoms. The Kier molecular flexibility index (Phi) is 5.08. The number of amides is 1. The summed E-state index contributed by atoms with van der Waals surface area (Å²) in [7, 11) is 0. The molecular formula is C15H18N2O5. The van der Waals surface area contributed by atoms with Crippen LogP contribution < -0.4 is 0 Å². The zero-order valence-electron chi connectivity index (χ0n) is 12.4. The maximum atomic E-state index is 12.4. The summed E-state index contributed by atoms with van der Waals surface area (Å²) in [6.07, 6.45) is 1.04. The van der Waals surface area contributed by atoms with Gasteiger partial charge in [-0.05, 0) is 25.8 Å². The maximum Gasteiger partial charge on any atom is 0.309 e. The van der Waals surface area contributed by atoms with E-state index >= 15 is 0 Å². The van der Waals surface area contributed by atoms with Crippen molar-refractivity contribution in [3.05, 3.63) is 39.9 Å². The first-order chi connectivity index (χ1) is 10.5. The van der Waals surface area contributed by atoms with Crippen LogP contribution in [0.5, 0.6) is 0 Å². The highest BCUT2D eigenvalue weighted by molar-refractivity contribution is 5.98. The van der Waals surface area contributed by atoms with E-state index in [2.05, 4.69) is 0 Å². The summed E-state index contributed by atoms with van der Waals surface area (Å²) in [4.78, 5) is 36.1. The molecule has 1 saturated heterocycles. The topological polar surface area (TPSA) is 89.8 Å². The lowest BCUT2D eigenvalue weighted by atomic mass is 9.96. The third-order valence-electron chi connectivity index (χ3n) is 3.73. The number of esters is 1. The van der Waals surface area contributed by atoms with Gasteiger partial charge in [0.2, 0.25) is 0 Å². The van der Waals surface area contributed by atoms with Gasteiger partial charge in [0.15, 0.2) is 0 Å². The fraction of sp³-hybridized carbons (Fsp3) is 0.467. The normalized spacial score (nSPS) is 15.4. The van der Waals surface area contributed by atoms with Crippen molar-refractivity contribution in [3.63, 3.8) is 0 Å². The summed E-state index contributed by atoms with van der Waals surface area (Å²) in [6, 6.07) is 5.91. The van der Waals surface area contributed by atoms with Crippen molar-refractivity contribution < 1.29 is 19.2 Å². The summed E-state index contributed by atoms with van der Waals surface area (Å²) in [5.41, 5.74) is -0.109. The monoisotopic (exact) mass is 306 g/mol. The van der Waals surface area contributed by atoms with Crippen molar-refractivity contribution in [1.82, 2.24) is 4.90 Å². The molecule has 0 aliphatic carbocycles. The molecule has 0 radical (unpaired) electrons. The number of nitrogens with zero attached hydrogens (tertiary/aromatic N) is 2. The Morgan fingerprint density at radius 1 is 1.32 bits per heavy atom. The van der Waals surface area contributed by atoms with Crippen LogP contribution >= 0.6 is 0 Å². The van der Waals surface area contributed by atoms with Crippen molar-refractivity contribution in [1.29, 1.82) is 0 Å². The minimum Gasteiger partial charge on any atom is -0.466 e. The molecule has 1 aromatic rings. The van der Waals surface area contributed by atoms with Crippen molar-refractivity contribution in [3.8, 4) is 0 Å². The molecule has 2 rings (SSSR count). The Hall–Kier alpha value is -2.44. The molecule has 1 amide bonds. The highest BCUT2D eigenvalue weighted by Gasteiger charge is 2.30. The first-order valence-corrected chi connectivity index (χ1v) is 7.24. The number of ether oxygens (including phenoxy) is 1. The van der Waals surface area contributed by atoms with Crippen LogP contribution in [0, 0.1) is 16.0 Å². The summed E-state index contributed by atoms with van der Waals surface area (Å²) < 4.78 is 4.98. The standard InChI is InChI=1S/C15H18N2O5/c1-2-22-15(19)11-7-9-16(10-8-11)14(18)12-5-3-4-6-13(12)17(20)21/h3-6,11H,2,7-10H2,1H3. The average molecular weight is 306 g/mol. The number of nitro benzene ring substituents is 1. The molecule has 0 saturated carbocycles. The van der Waals surface area contributed by atoms with Crippen LogP contribution in [0.4, 0.5) is 5.69 Å². The smallest absolute Gasteiger partial charge is 0.309 e. The Labute approximate surface area is 128 Å². The van der Waals surface area contributed by atoms with Crippen molar-refractivity contribution in [2.75, 3.05) is 19.7 Å². The van der Waals surface area contributed by atoms with Crippen LogP contribution in [0.1, 0.15) is 30.1 Å². The molecular weight excluding hydrogens is 288 g/mol. The van der Waals surface area contributed by atoms with Gasteiger partial charge in [-0.15, -0.1) is 0 Å². The Morgan fingerprint density at radius 3 is 2.55 bits per heavy atom. The second kappa shape index (κ2) is 7.02. The van der Waals surface area contributed by atoms with Gasteiger partial charge in [-0.3, -0.25) is 19.7 Å². The molecule has 1 fully saturated rings. The minimum absolute atomic E-state index is 0.0853. The average Bonchev–Trinajstić information content (AvgIpc) is 2.54. The number of carbonyl (C=O) groups is 2. The molecule has 118 valence electrons. The van der Waals surface area contributed by atoms with Crippen LogP contribution in [0.15, 0.2) is 24.3 Å². The zero-order valence-corrected chi connectivity index (χ0v) is 12.4. The Bertz CT molecular complexity index is 579. The minimum atomic E-state index is -0.557. The molecule has 0 unspecified atom stereocenters. The number of hydrogen-bond donors (Lipinski definition) is 0. The van der Waals surface area contributed by atoms with Crippen molar-refractivity contribution in [2.24, 2.45) is 5.92 Å². The SMILES string of the molecule is CCOC(=O)C1CCN(C(=O)c2ccccc2[N+](=O)[O-])CC1. The van der Waals surface area contributed by atoms with E-state index in [0.29, 0.717) is 32.5 Å². The van der Waals surface area contributed by atoms with E-state index in [4.69, 9.17) is 4.74 Å². The second-order valence-corrected chi connectivity index (χ2v) is 5.09. The second-order valence-electron chi connectivity index (χ2n) is 5.09. The lowest BCUT2D eigenvalue weighted by molar-refractivity contribution is -0.385. The maximum absolute atomic E-state index is 12.4. The number of hydrogen-bond acceptors (Lipinski definition) is 5. The first kappa shape index (κ1) is 15.9. The fourth-order valence-corrected chi connectivity index (χ4v) is 2.56. The lowest BCUT2D eigenvalue weighted by Gasteiger charge is -2.30. The van der Waals surface area contributed by atoms with E-state index < -0.39 is 4.92 Å². The molecule has 0 aromatic heterocycles.